The lowest BCUT2D eigenvalue weighted by Gasteiger charge is -1.95. The summed E-state index contributed by atoms with van der Waals surface area (Å²) in [6, 6.07) is 0. The second kappa shape index (κ2) is 9.65. The fourth-order valence-corrected chi connectivity index (χ4v) is 1.21. The largest absolute Gasteiger partial charge is 0.361 e. The summed E-state index contributed by atoms with van der Waals surface area (Å²) in [6.07, 6.45) is 5.61. The van der Waals surface area contributed by atoms with Gasteiger partial charge in [0.2, 0.25) is 11.6 Å². The summed E-state index contributed by atoms with van der Waals surface area (Å²) in [6.45, 7) is 0. The number of carbonyl (C=O) groups excluding carboxylic acids is 2. The quantitative estimate of drug-likeness (QED) is 0.252. The van der Waals surface area contributed by atoms with Crippen molar-refractivity contribution in [3.05, 3.63) is 11.1 Å². The Morgan fingerprint density at radius 1 is 0.812 bits per heavy atom. The number of hydrogen-bond acceptors (Lipinski definition) is 2. The normalized spacial score (nSPS) is 8.75. The zero-order chi connectivity index (χ0) is 12.2. The second-order valence-corrected chi connectivity index (χ2v) is 3.34. The van der Waals surface area contributed by atoms with Crippen LogP contribution in [0.4, 0.5) is 0 Å². The molecule has 0 aliphatic rings. The van der Waals surface area contributed by atoms with Crippen molar-refractivity contribution < 1.29 is 19.2 Å². The third-order valence-corrected chi connectivity index (χ3v) is 2.00. The number of ketones is 2. The van der Waals surface area contributed by atoms with Gasteiger partial charge in [-0.25, -0.2) is 0 Å². The van der Waals surface area contributed by atoms with Crippen molar-refractivity contribution in [1.29, 1.82) is 0 Å². The summed E-state index contributed by atoms with van der Waals surface area (Å²) in [4.78, 5) is 27.0. The van der Waals surface area contributed by atoms with Gasteiger partial charge in [0, 0.05) is 12.8 Å². The summed E-state index contributed by atoms with van der Waals surface area (Å²) in [5.74, 6) is -0.406. The van der Waals surface area contributed by atoms with Crippen LogP contribution in [0.3, 0.4) is 0 Å². The van der Waals surface area contributed by atoms with E-state index in [9.17, 15) is 9.59 Å². The van der Waals surface area contributed by atoms with Gasteiger partial charge in [-0.3, -0.25) is 9.59 Å². The molecule has 0 heterocycles. The molecule has 0 aromatic heterocycles. The first kappa shape index (κ1) is 14.1. The van der Waals surface area contributed by atoms with Crippen molar-refractivity contribution >= 4 is 24.0 Å². The van der Waals surface area contributed by atoms with E-state index in [0.29, 0.717) is 25.7 Å². The van der Waals surface area contributed by atoms with Crippen molar-refractivity contribution in [1.82, 2.24) is 0 Å². The van der Waals surface area contributed by atoms with E-state index in [4.69, 9.17) is 11.1 Å². The van der Waals surface area contributed by atoms with Crippen molar-refractivity contribution in [2.24, 2.45) is 0 Å². The van der Waals surface area contributed by atoms with Gasteiger partial charge >= 0.3 is 12.4 Å². The minimum absolute atomic E-state index is 0.203. The number of Topliss-reactive ketones (excluding diaryl/α,β-unsaturated/α-hetero) is 2. The molecule has 0 saturated heterocycles. The molecule has 0 saturated carbocycles. The van der Waals surface area contributed by atoms with Gasteiger partial charge in [-0.1, -0.05) is 12.8 Å². The average Bonchev–Trinajstić information content (AvgIpc) is 2.24. The summed E-state index contributed by atoms with van der Waals surface area (Å²) in [5, 5.41) is 0. The molecule has 6 nitrogen and oxygen atoms in total. The number of hydrogen-bond donors (Lipinski definition) is 0. The van der Waals surface area contributed by atoms with Crippen LogP contribution in [-0.2, 0) is 9.59 Å². The van der Waals surface area contributed by atoms with Crippen LogP contribution in [-0.4, -0.2) is 33.6 Å². The molecule has 0 aliphatic heterocycles. The van der Waals surface area contributed by atoms with E-state index in [1.54, 1.807) is 0 Å². The van der Waals surface area contributed by atoms with Crippen LogP contribution < -0.4 is 0 Å². The maximum Gasteiger partial charge on any atom is 0.323 e. The lowest BCUT2D eigenvalue weighted by Crippen LogP contribution is -2.00. The van der Waals surface area contributed by atoms with E-state index >= 15 is 0 Å². The van der Waals surface area contributed by atoms with E-state index in [1.165, 1.54) is 0 Å². The highest BCUT2D eigenvalue weighted by atomic mass is 16.1. The van der Waals surface area contributed by atoms with Crippen molar-refractivity contribution in [2.75, 3.05) is 0 Å². The van der Waals surface area contributed by atoms with E-state index in [2.05, 4.69) is 9.58 Å². The van der Waals surface area contributed by atoms with Crippen LogP contribution in [0.2, 0.25) is 0 Å². The Morgan fingerprint density at radius 2 is 1.19 bits per heavy atom. The summed E-state index contributed by atoms with van der Waals surface area (Å²) in [5.41, 5.74) is 16.1. The third kappa shape index (κ3) is 8.69. The van der Waals surface area contributed by atoms with Gasteiger partial charge in [0.25, 0.3) is 0 Å². The highest BCUT2D eigenvalue weighted by Gasteiger charge is 2.03. The van der Waals surface area contributed by atoms with E-state index in [1.807, 2.05) is 0 Å². The smallest absolute Gasteiger partial charge is 0.323 e. The molecule has 0 unspecified atom stereocenters. The summed E-state index contributed by atoms with van der Waals surface area (Å²) < 4.78 is 0. The Kier molecular flexibility index (Phi) is 8.50. The number of carbonyl (C=O) groups is 2. The Morgan fingerprint density at radius 3 is 1.50 bits per heavy atom. The molecule has 0 radical (unpaired) electrons. The standard InChI is InChI=1S/C10H14N4O2/c11-13-7-9(15)5-3-1-2-4-6-10(16)8-14-12/h7-8H,1-6H2. The first-order valence-electron chi connectivity index (χ1n) is 5.11. The van der Waals surface area contributed by atoms with Gasteiger partial charge < -0.3 is 11.1 Å². The SMILES string of the molecule is [N-]=[N+]=CC(=O)CCCCCCC(=O)C=[N+]=[N-]. The van der Waals surface area contributed by atoms with Crippen LogP contribution >= 0.6 is 0 Å². The number of nitrogens with zero attached hydrogens (tertiary/aromatic N) is 4. The molecule has 0 amide bonds. The van der Waals surface area contributed by atoms with Gasteiger partial charge in [0.15, 0.2) is 0 Å². The lowest BCUT2D eigenvalue weighted by molar-refractivity contribution is -0.117. The highest BCUT2D eigenvalue weighted by Crippen LogP contribution is 2.05. The Bertz CT molecular complexity index is 305. The van der Waals surface area contributed by atoms with Gasteiger partial charge in [0.05, 0.1) is 0 Å². The maximum absolute atomic E-state index is 10.9. The van der Waals surface area contributed by atoms with Crippen LogP contribution in [0.15, 0.2) is 0 Å². The molecule has 0 fully saturated rings. The molecule has 0 atom stereocenters. The van der Waals surface area contributed by atoms with E-state index in [-0.39, 0.29) is 11.6 Å². The molecular formula is C10H14N4O2. The number of unbranched alkanes of at least 4 members (excludes halogenated alkanes) is 3. The van der Waals surface area contributed by atoms with E-state index < -0.39 is 0 Å². The molecule has 16 heavy (non-hydrogen) atoms. The van der Waals surface area contributed by atoms with Gasteiger partial charge in [-0.2, -0.15) is 9.58 Å². The highest BCUT2D eigenvalue weighted by molar-refractivity contribution is 6.25. The monoisotopic (exact) mass is 222 g/mol. The van der Waals surface area contributed by atoms with Gasteiger partial charge in [0.1, 0.15) is 0 Å². The van der Waals surface area contributed by atoms with Crippen molar-refractivity contribution in [3.8, 4) is 0 Å². The van der Waals surface area contributed by atoms with Gasteiger partial charge in [-0.05, 0) is 12.8 Å². The molecule has 86 valence electrons. The molecule has 0 bridgehead atoms. The lowest BCUT2D eigenvalue weighted by atomic mass is 10.1. The first-order chi connectivity index (χ1) is 7.70. The average molecular weight is 222 g/mol. The molecule has 0 aliphatic carbocycles. The Balaban J connectivity index is 3.40. The topological polar surface area (TPSA) is 107 Å². The zero-order valence-corrected chi connectivity index (χ0v) is 9.00. The van der Waals surface area contributed by atoms with Crippen LogP contribution in [0.5, 0.6) is 0 Å². The fourth-order valence-electron chi connectivity index (χ4n) is 1.21. The third-order valence-electron chi connectivity index (χ3n) is 2.00. The maximum atomic E-state index is 10.9. The fraction of sp³-hybridized carbons (Fsp3) is 0.600. The molecule has 0 aromatic carbocycles. The minimum atomic E-state index is -0.203. The molecule has 0 spiro atoms. The Hall–Kier alpha value is -1.90. The Labute approximate surface area is 93.5 Å². The van der Waals surface area contributed by atoms with Crippen LogP contribution in [0.1, 0.15) is 38.5 Å². The molecule has 0 aromatic rings. The first-order valence-corrected chi connectivity index (χ1v) is 5.11. The predicted octanol–water partition coefficient (Wildman–Crippen LogP) is 1.07. The summed E-state index contributed by atoms with van der Waals surface area (Å²) >= 11 is 0. The zero-order valence-electron chi connectivity index (χ0n) is 9.00. The molecule has 0 rings (SSSR count). The molecular weight excluding hydrogens is 208 g/mol. The minimum Gasteiger partial charge on any atom is -0.361 e. The van der Waals surface area contributed by atoms with Gasteiger partial charge in [-0.15, -0.1) is 0 Å². The van der Waals surface area contributed by atoms with Crippen molar-refractivity contribution in [3.63, 3.8) is 0 Å². The van der Waals surface area contributed by atoms with E-state index in [0.717, 1.165) is 25.3 Å². The van der Waals surface area contributed by atoms with Crippen molar-refractivity contribution in [2.45, 2.75) is 38.5 Å². The molecule has 6 heteroatoms. The summed E-state index contributed by atoms with van der Waals surface area (Å²) in [7, 11) is 0. The van der Waals surface area contributed by atoms with Crippen LogP contribution in [0.25, 0.3) is 11.1 Å². The number of rotatable bonds is 9. The van der Waals surface area contributed by atoms with Crippen LogP contribution in [0, 0.1) is 0 Å². The molecule has 0 N–H and O–H groups in total. The predicted molar refractivity (Wildman–Crippen MR) is 57.1 cm³/mol. The second-order valence-electron chi connectivity index (χ2n) is 3.34.